The Balaban J connectivity index is 4.10. The van der Waals surface area contributed by atoms with Gasteiger partial charge in [0.1, 0.15) is 19.8 Å². The van der Waals surface area contributed by atoms with E-state index < -0.39 is 26.5 Å². The van der Waals surface area contributed by atoms with E-state index in [1.54, 1.807) is 0 Å². The molecule has 0 aliphatic heterocycles. The van der Waals surface area contributed by atoms with Gasteiger partial charge in [-0.15, -0.1) is 0 Å². The van der Waals surface area contributed by atoms with Crippen LogP contribution in [-0.4, -0.2) is 74.9 Å². The summed E-state index contributed by atoms with van der Waals surface area (Å²) in [6.07, 6.45) is 87.6. The predicted molar refractivity (Wildman–Crippen MR) is 353 cm³/mol. The monoisotopic (exact) mass is 1160 g/mol. The summed E-state index contributed by atoms with van der Waals surface area (Å²) >= 11 is 0. The first kappa shape index (κ1) is 78.7. The van der Waals surface area contributed by atoms with Gasteiger partial charge in [0, 0.05) is 12.8 Å². The summed E-state index contributed by atoms with van der Waals surface area (Å²) in [5.74, 6) is -0.833. The van der Waals surface area contributed by atoms with Gasteiger partial charge in [0.05, 0.1) is 27.7 Å². The lowest BCUT2D eigenvalue weighted by atomic mass is 10.0. The number of carbonyl (C=O) groups is 2. The highest BCUT2D eigenvalue weighted by Gasteiger charge is 2.27. The normalized spacial score (nSPS) is 13.9. The number of phosphoric acid groups is 1. The number of rotatable bonds is 61. The molecule has 472 valence electrons. The van der Waals surface area contributed by atoms with Crippen molar-refractivity contribution in [3.63, 3.8) is 0 Å². The molecule has 0 bridgehead atoms. The highest BCUT2D eigenvalue weighted by Crippen LogP contribution is 2.43. The van der Waals surface area contributed by atoms with Gasteiger partial charge < -0.3 is 18.9 Å². The summed E-state index contributed by atoms with van der Waals surface area (Å²) in [6, 6.07) is 0. The molecule has 1 N–H and O–H groups in total. The van der Waals surface area contributed by atoms with Gasteiger partial charge in [0.15, 0.2) is 6.10 Å². The van der Waals surface area contributed by atoms with E-state index in [9.17, 15) is 19.0 Å². The van der Waals surface area contributed by atoms with Crippen molar-refractivity contribution < 1.29 is 42.1 Å². The number of carbonyl (C=O) groups excluding carboxylic acids is 2. The number of quaternary nitrogens is 1. The van der Waals surface area contributed by atoms with Gasteiger partial charge in [-0.2, -0.15) is 0 Å². The second-order valence-corrected chi connectivity index (χ2v) is 24.9. The molecule has 0 aliphatic carbocycles. The predicted octanol–water partition coefficient (Wildman–Crippen LogP) is 21.7. The fraction of sp³-hybridized carbons (Fsp3) is 0.722. The summed E-state index contributed by atoms with van der Waals surface area (Å²) in [5.41, 5.74) is 0. The maximum Gasteiger partial charge on any atom is 0.472 e. The zero-order valence-electron chi connectivity index (χ0n) is 53.7. The smallest absolute Gasteiger partial charge is 0.462 e. The zero-order valence-corrected chi connectivity index (χ0v) is 54.6. The molecule has 0 fully saturated rings. The minimum atomic E-state index is -4.41. The fourth-order valence-corrected chi connectivity index (χ4v) is 9.89. The highest BCUT2D eigenvalue weighted by atomic mass is 31.2. The summed E-state index contributed by atoms with van der Waals surface area (Å²) in [6.45, 7) is 4.28. The van der Waals surface area contributed by atoms with Crippen molar-refractivity contribution in [1.29, 1.82) is 0 Å². The molecule has 0 heterocycles. The minimum Gasteiger partial charge on any atom is -0.462 e. The van der Waals surface area contributed by atoms with Crippen molar-refractivity contribution in [1.82, 2.24) is 0 Å². The molecule has 2 atom stereocenters. The molecule has 0 amide bonds. The van der Waals surface area contributed by atoms with E-state index in [4.69, 9.17) is 18.5 Å². The van der Waals surface area contributed by atoms with Gasteiger partial charge in [-0.05, 0) is 103 Å². The van der Waals surface area contributed by atoms with Crippen LogP contribution in [0.1, 0.15) is 284 Å². The van der Waals surface area contributed by atoms with Crippen LogP contribution in [0.25, 0.3) is 0 Å². The fourth-order valence-electron chi connectivity index (χ4n) is 9.15. The van der Waals surface area contributed by atoms with Crippen molar-refractivity contribution in [2.45, 2.75) is 290 Å². The summed E-state index contributed by atoms with van der Waals surface area (Å²) in [4.78, 5) is 35.8. The number of unbranched alkanes of at least 4 members (excludes halogenated alkanes) is 29. The van der Waals surface area contributed by atoms with Crippen molar-refractivity contribution >= 4 is 19.8 Å². The minimum absolute atomic E-state index is 0.0203. The number of phosphoric ester groups is 1. The van der Waals surface area contributed by atoms with Crippen LogP contribution < -0.4 is 0 Å². The molecule has 0 aromatic rings. The van der Waals surface area contributed by atoms with Crippen LogP contribution in [-0.2, 0) is 32.7 Å². The molecular weight excluding hydrogens is 1040 g/mol. The number of hydrogen-bond donors (Lipinski definition) is 1. The van der Waals surface area contributed by atoms with Crippen molar-refractivity contribution in [2.75, 3.05) is 47.5 Å². The van der Waals surface area contributed by atoms with E-state index in [0.717, 1.165) is 89.9 Å². The van der Waals surface area contributed by atoms with Gasteiger partial charge in [0.25, 0.3) is 0 Å². The molecule has 0 rings (SSSR count). The molecule has 0 spiro atoms. The van der Waals surface area contributed by atoms with Crippen LogP contribution in [0.2, 0.25) is 0 Å². The van der Waals surface area contributed by atoms with Crippen LogP contribution in [0.5, 0.6) is 0 Å². The second kappa shape index (κ2) is 62.2. The quantitative estimate of drug-likeness (QED) is 0.0211. The SMILES string of the molecule is CC/C=C\C/C=C\C/C=C\C/C=C\C/C=C\C/C=C\C/C=C\CCCCCC(=O)OC(COC(=O)CCCCCCCCCCCCCCCCCCCCCCC/C=C\C/C=C\CCCCCCC)COP(=O)(O)OCC[N+](C)(C)C. The van der Waals surface area contributed by atoms with Crippen molar-refractivity contribution in [2.24, 2.45) is 0 Å². The molecule has 2 unspecified atom stereocenters. The van der Waals surface area contributed by atoms with Gasteiger partial charge in [-0.25, -0.2) is 4.57 Å². The average Bonchev–Trinajstić information content (AvgIpc) is 3.46. The molecular formula is C72H127NO8P+. The van der Waals surface area contributed by atoms with E-state index in [1.165, 1.54) is 161 Å². The van der Waals surface area contributed by atoms with Crippen LogP contribution in [0.15, 0.2) is 109 Å². The standard InChI is InChI=1S/C72H126NO8P/c1-6-8-10-12-14-16-18-20-22-24-26-28-30-32-33-34-35-36-37-38-39-41-42-44-46-48-50-52-54-56-58-60-62-64-71(74)78-68-70(69-80-82(76,77)79-67-66-73(3,4)5)81-72(75)65-63-61-59-57-55-53-51-49-47-45-43-40-31-29-27-25-23-21-19-17-15-13-11-9-7-2/h9,11,15,17-18,20-21,23-24,26-27,29,40,43,47,49,53,55,70H,6-8,10,12-14,16,19,22,25,28,30-39,41-42,44-46,48,50-52,54,56-69H2,1-5H3/p+1/b11-9-,17-15-,20-18-,23-21-,26-24-,29-27-,43-40-,49-47-,55-53-. The number of esters is 2. The lowest BCUT2D eigenvalue weighted by molar-refractivity contribution is -0.870. The third-order valence-electron chi connectivity index (χ3n) is 14.3. The summed E-state index contributed by atoms with van der Waals surface area (Å²) < 4.78 is 34.6. The van der Waals surface area contributed by atoms with Crippen molar-refractivity contribution in [3.8, 4) is 0 Å². The number of allylic oxidation sites excluding steroid dienone is 18. The highest BCUT2D eigenvalue weighted by molar-refractivity contribution is 7.47. The number of likely N-dealkylation sites (N-methyl/N-ethyl adjacent to an activating group) is 1. The molecule has 10 heteroatoms. The maximum atomic E-state index is 12.8. The molecule has 0 aliphatic rings. The molecule has 0 aromatic carbocycles. The Labute approximate surface area is 506 Å². The van der Waals surface area contributed by atoms with E-state index in [1.807, 2.05) is 21.1 Å². The van der Waals surface area contributed by atoms with Crippen LogP contribution in [0.4, 0.5) is 0 Å². The Hall–Kier alpha value is -3.33. The Morgan fingerprint density at radius 2 is 0.695 bits per heavy atom. The average molecular weight is 1170 g/mol. The lowest BCUT2D eigenvalue weighted by Gasteiger charge is -2.24. The van der Waals surface area contributed by atoms with Gasteiger partial charge in [0.2, 0.25) is 0 Å². The van der Waals surface area contributed by atoms with Crippen molar-refractivity contribution in [3.05, 3.63) is 109 Å². The molecule has 0 saturated carbocycles. The Morgan fingerprint density at radius 1 is 0.390 bits per heavy atom. The van der Waals surface area contributed by atoms with Crippen LogP contribution in [0.3, 0.4) is 0 Å². The number of nitrogens with zero attached hydrogens (tertiary/aromatic N) is 1. The largest absolute Gasteiger partial charge is 0.472 e. The van der Waals surface area contributed by atoms with Gasteiger partial charge in [-0.3, -0.25) is 18.6 Å². The topological polar surface area (TPSA) is 108 Å². The van der Waals surface area contributed by atoms with Crippen LogP contribution >= 0.6 is 7.82 Å². The molecule has 9 nitrogen and oxygen atoms in total. The number of hydrogen-bond acceptors (Lipinski definition) is 7. The van der Waals surface area contributed by atoms with E-state index in [2.05, 4.69) is 123 Å². The molecule has 82 heavy (non-hydrogen) atoms. The summed E-state index contributed by atoms with van der Waals surface area (Å²) in [5, 5.41) is 0. The van der Waals surface area contributed by atoms with E-state index in [-0.39, 0.29) is 32.0 Å². The molecule has 0 radical (unpaired) electrons. The first-order valence-corrected chi connectivity index (χ1v) is 35.1. The van der Waals surface area contributed by atoms with Crippen LogP contribution in [0, 0.1) is 0 Å². The second-order valence-electron chi connectivity index (χ2n) is 23.5. The lowest BCUT2D eigenvalue weighted by Crippen LogP contribution is -2.37. The van der Waals surface area contributed by atoms with Gasteiger partial charge >= 0.3 is 19.8 Å². The Kier molecular flexibility index (Phi) is 59.7. The van der Waals surface area contributed by atoms with E-state index in [0.29, 0.717) is 17.4 Å². The maximum absolute atomic E-state index is 12.8. The third-order valence-corrected chi connectivity index (χ3v) is 15.3. The van der Waals surface area contributed by atoms with Gasteiger partial charge in [-0.1, -0.05) is 277 Å². The number of ether oxygens (including phenoxy) is 2. The first-order valence-electron chi connectivity index (χ1n) is 33.6. The molecule has 0 aromatic heterocycles. The Morgan fingerprint density at radius 3 is 1.05 bits per heavy atom. The van der Waals surface area contributed by atoms with E-state index >= 15 is 0 Å². The first-order chi connectivity index (χ1) is 40.0. The third kappa shape index (κ3) is 65.8. The zero-order chi connectivity index (χ0) is 59.8. The Bertz CT molecular complexity index is 1750. The summed E-state index contributed by atoms with van der Waals surface area (Å²) in [7, 11) is 1.45. The molecule has 0 saturated heterocycles.